The maximum Gasteiger partial charge on any atom is 0.232 e. The second kappa shape index (κ2) is 9.03. The van der Waals surface area contributed by atoms with Crippen LogP contribution >= 0.6 is 0 Å². The summed E-state index contributed by atoms with van der Waals surface area (Å²) in [5, 5.41) is 9.53. The highest BCUT2D eigenvalue weighted by Gasteiger charge is 2.24. The Hall–Kier alpha value is -4.10. The van der Waals surface area contributed by atoms with Crippen LogP contribution in [0.15, 0.2) is 54.9 Å². The summed E-state index contributed by atoms with van der Waals surface area (Å²) in [7, 11) is -3.98. The predicted octanol–water partition coefficient (Wildman–Crippen LogP) is 4.76. The van der Waals surface area contributed by atoms with Crippen molar-refractivity contribution < 1.29 is 22.0 Å². The molecule has 0 aliphatic rings. The molecule has 0 aliphatic heterocycles. The van der Waals surface area contributed by atoms with E-state index in [-0.39, 0.29) is 17.7 Å². The first-order valence-electron chi connectivity index (χ1n) is 10.2. The number of nitrogens with zero attached hydrogens (tertiary/aromatic N) is 2. The molecular formula is C24H18F2N4O3S. The van der Waals surface area contributed by atoms with Gasteiger partial charge in [-0.05, 0) is 42.3 Å². The molecule has 0 saturated heterocycles. The Bertz CT molecular complexity index is 1570. The number of ketones is 1. The van der Waals surface area contributed by atoms with Gasteiger partial charge in [-0.25, -0.2) is 22.2 Å². The fraction of sp³-hybridized carbons (Fsp3) is 0.125. The van der Waals surface area contributed by atoms with E-state index in [1.807, 2.05) is 4.72 Å². The average Bonchev–Trinajstić information content (AvgIpc) is 3.24. The summed E-state index contributed by atoms with van der Waals surface area (Å²) >= 11 is 0. The number of nitrogens with one attached hydrogen (secondary N) is 2. The molecule has 0 radical (unpaired) electrons. The summed E-state index contributed by atoms with van der Waals surface area (Å²) in [6.45, 7) is 1.61. The molecule has 0 atom stereocenters. The molecular weight excluding hydrogens is 462 g/mol. The number of rotatable bonds is 7. The molecule has 10 heteroatoms. The Morgan fingerprint density at radius 3 is 2.68 bits per heavy atom. The van der Waals surface area contributed by atoms with Gasteiger partial charge in [-0.3, -0.25) is 9.52 Å². The molecule has 4 rings (SSSR count). The third-order valence-corrected chi connectivity index (χ3v) is 6.63. The highest BCUT2D eigenvalue weighted by Crippen LogP contribution is 2.29. The summed E-state index contributed by atoms with van der Waals surface area (Å²) in [4.78, 5) is 20.4. The molecule has 0 fully saturated rings. The Balaban J connectivity index is 1.78. The Kier molecular flexibility index (Phi) is 6.13. The molecule has 2 heterocycles. The lowest BCUT2D eigenvalue weighted by molar-refractivity contribution is 0.103. The van der Waals surface area contributed by atoms with E-state index in [0.717, 1.165) is 12.1 Å². The van der Waals surface area contributed by atoms with Crippen LogP contribution in [0.2, 0.25) is 0 Å². The average molecular weight is 480 g/mol. The maximum absolute atomic E-state index is 15.1. The van der Waals surface area contributed by atoms with Gasteiger partial charge >= 0.3 is 0 Å². The molecule has 2 N–H and O–H groups in total. The second-order valence-corrected chi connectivity index (χ2v) is 9.39. The van der Waals surface area contributed by atoms with Gasteiger partial charge in [0.1, 0.15) is 17.2 Å². The van der Waals surface area contributed by atoms with Crippen molar-refractivity contribution >= 4 is 32.5 Å². The zero-order valence-corrected chi connectivity index (χ0v) is 18.7. The number of hydrogen-bond acceptors (Lipinski definition) is 5. The van der Waals surface area contributed by atoms with Gasteiger partial charge in [-0.1, -0.05) is 19.1 Å². The maximum atomic E-state index is 15.1. The van der Waals surface area contributed by atoms with E-state index < -0.39 is 38.7 Å². The van der Waals surface area contributed by atoms with E-state index >= 15 is 4.39 Å². The van der Waals surface area contributed by atoms with Crippen molar-refractivity contribution in [3.8, 4) is 17.2 Å². The number of aromatic amines is 1. The zero-order chi connectivity index (χ0) is 24.5. The first-order chi connectivity index (χ1) is 16.2. The van der Waals surface area contributed by atoms with E-state index in [2.05, 4.69) is 16.0 Å². The number of benzene rings is 2. The zero-order valence-electron chi connectivity index (χ0n) is 17.9. The number of sulfonamides is 1. The summed E-state index contributed by atoms with van der Waals surface area (Å²) in [5.41, 5.74) is 0.845. The van der Waals surface area contributed by atoms with E-state index in [9.17, 15) is 17.6 Å². The topological polar surface area (TPSA) is 116 Å². The summed E-state index contributed by atoms with van der Waals surface area (Å²) in [6, 6.07) is 12.4. The van der Waals surface area contributed by atoms with E-state index in [0.29, 0.717) is 27.7 Å². The fourth-order valence-corrected chi connectivity index (χ4v) is 4.70. The predicted molar refractivity (Wildman–Crippen MR) is 124 cm³/mol. The van der Waals surface area contributed by atoms with Crippen LogP contribution in [-0.2, 0) is 10.0 Å². The summed E-state index contributed by atoms with van der Waals surface area (Å²) in [6.07, 6.45) is 3.18. The molecule has 34 heavy (non-hydrogen) atoms. The van der Waals surface area contributed by atoms with Gasteiger partial charge in [0.2, 0.25) is 10.0 Å². The SMILES string of the molecule is CCCS(=O)(=O)Nc1c(F)ccc(C(=O)c2c[nH]c3ncc(-c4cccc(C#N)c4)cc23)c1F. The minimum atomic E-state index is -3.98. The quantitative estimate of drug-likeness (QED) is 0.370. The van der Waals surface area contributed by atoms with Crippen LogP contribution in [0.5, 0.6) is 0 Å². The van der Waals surface area contributed by atoms with Crippen molar-refractivity contribution in [1.29, 1.82) is 5.26 Å². The molecule has 0 unspecified atom stereocenters. The highest BCUT2D eigenvalue weighted by molar-refractivity contribution is 7.92. The van der Waals surface area contributed by atoms with Crippen LogP contribution in [0, 0.1) is 23.0 Å². The number of fused-ring (bicyclic) bond motifs is 1. The largest absolute Gasteiger partial charge is 0.345 e. The van der Waals surface area contributed by atoms with Crippen molar-refractivity contribution in [2.24, 2.45) is 0 Å². The van der Waals surface area contributed by atoms with E-state index in [4.69, 9.17) is 5.26 Å². The summed E-state index contributed by atoms with van der Waals surface area (Å²) in [5.74, 6) is -3.53. The standard InChI is InChI=1S/C24H18F2N4O3S/c1-2-8-34(32,33)30-22-20(25)7-6-17(21(22)26)23(31)19-13-29-24-18(19)10-16(12-28-24)15-5-3-4-14(9-15)11-27/h3-7,9-10,12-13,30H,2,8H2,1H3,(H,28,29). The van der Waals surface area contributed by atoms with Crippen LogP contribution in [0.4, 0.5) is 14.5 Å². The van der Waals surface area contributed by atoms with Gasteiger partial charge in [0, 0.05) is 28.9 Å². The van der Waals surface area contributed by atoms with Gasteiger partial charge in [0.05, 0.1) is 22.9 Å². The van der Waals surface area contributed by atoms with Crippen LogP contribution < -0.4 is 4.72 Å². The van der Waals surface area contributed by atoms with Crippen LogP contribution in [0.25, 0.3) is 22.2 Å². The molecule has 0 aliphatic carbocycles. The number of H-pyrrole nitrogens is 1. The van der Waals surface area contributed by atoms with Crippen molar-refractivity contribution in [3.63, 3.8) is 0 Å². The first kappa shape index (κ1) is 23.1. The molecule has 2 aromatic carbocycles. The first-order valence-corrected chi connectivity index (χ1v) is 11.9. The molecule has 0 spiro atoms. The van der Waals surface area contributed by atoms with Crippen molar-refractivity contribution in [1.82, 2.24) is 9.97 Å². The number of pyridine rings is 1. The van der Waals surface area contributed by atoms with Gasteiger partial charge in [0.15, 0.2) is 11.6 Å². The van der Waals surface area contributed by atoms with Crippen molar-refractivity contribution in [2.75, 3.05) is 10.5 Å². The fourth-order valence-electron chi connectivity index (χ4n) is 3.56. The smallest absolute Gasteiger partial charge is 0.232 e. The van der Waals surface area contributed by atoms with Gasteiger partial charge in [-0.15, -0.1) is 0 Å². The molecule has 0 saturated carbocycles. The highest BCUT2D eigenvalue weighted by atomic mass is 32.2. The second-order valence-electron chi connectivity index (χ2n) is 7.55. The molecule has 2 aromatic heterocycles. The Morgan fingerprint density at radius 2 is 1.94 bits per heavy atom. The van der Waals surface area contributed by atoms with E-state index in [1.54, 1.807) is 43.5 Å². The third kappa shape index (κ3) is 4.38. The minimum absolute atomic E-state index is 0.0775. The number of nitriles is 1. The van der Waals surface area contributed by atoms with Crippen LogP contribution in [-0.4, -0.2) is 29.9 Å². The van der Waals surface area contributed by atoms with Gasteiger partial charge in [-0.2, -0.15) is 5.26 Å². The lowest BCUT2D eigenvalue weighted by atomic mass is 9.99. The summed E-state index contributed by atoms with van der Waals surface area (Å²) < 4.78 is 55.4. The monoisotopic (exact) mass is 480 g/mol. The number of carbonyl (C=O) groups is 1. The lowest BCUT2D eigenvalue weighted by Gasteiger charge is -2.11. The molecule has 7 nitrogen and oxygen atoms in total. The van der Waals surface area contributed by atoms with Crippen LogP contribution in [0.1, 0.15) is 34.8 Å². The van der Waals surface area contributed by atoms with Gasteiger partial charge in [0.25, 0.3) is 0 Å². The Morgan fingerprint density at radius 1 is 1.15 bits per heavy atom. The number of carbonyl (C=O) groups excluding carboxylic acids is 1. The third-order valence-electron chi connectivity index (χ3n) is 5.17. The number of aromatic nitrogens is 2. The Labute approximate surface area is 194 Å². The number of hydrogen-bond donors (Lipinski definition) is 2. The van der Waals surface area contributed by atoms with E-state index in [1.165, 1.54) is 6.20 Å². The van der Waals surface area contributed by atoms with Gasteiger partial charge < -0.3 is 4.98 Å². The normalized spacial score (nSPS) is 11.4. The molecule has 0 bridgehead atoms. The molecule has 4 aromatic rings. The number of halogens is 2. The molecule has 172 valence electrons. The molecule has 0 amide bonds. The van der Waals surface area contributed by atoms with Crippen LogP contribution in [0.3, 0.4) is 0 Å². The number of anilines is 1. The van der Waals surface area contributed by atoms with Crippen molar-refractivity contribution in [3.05, 3.63) is 83.2 Å². The van der Waals surface area contributed by atoms with Crippen molar-refractivity contribution in [2.45, 2.75) is 13.3 Å². The minimum Gasteiger partial charge on any atom is -0.345 e. The lowest BCUT2D eigenvalue weighted by Crippen LogP contribution is -2.19.